The number of rotatable bonds is 3. The van der Waals surface area contributed by atoms with E-state index in [1.54, 1.807) is 0 Å². The fourth-order valence-electron chi connectivity index (χ4n) is 2.44. The Morgan fingerprint density at radius 3 is 2.53 bits per heavy atom. The summed E-state index contributed by atoms with van der Waals surface area (Å²) in [7, 11) is 1.91. The zero-order valence-corrected chi connectivity index (χ0v) is 9.83. The molecule has 2 unspecified atom stereocenters. The molecule has 2 aliphatic rings. The van der Waals surface area contributed by atoms with Crippen LogP contribution < -0.4 is 5.32 Å². The van der Waals surface area contributed by atoms with E-state index in [1.165, 1.54) is 32.1 Å². The molecule has 0 aromatic carbocycles. The van der Waals surface area contributed by atoms with Gasteiger partial charge in [-0.05, 0) is 31.1 Å². The van der Waals surface area contributed by atoms with Gasteiger partial charge in [-0.1, -0.05) is 19.8 Å². The Kier molecular flexibility index (Phi) is 3.17. The van der Waals surface area contributed by atoms with Gasteiger partial charge in [0, 0.05) is 19.6 Å². The molecule has 0 aliphatic heterocycles. The first-order chi connectivity index (χ1) is 7.16. The van der Waals surface area contributed by atoms with Gasteiger partial charge >= 0.3 is 6.03 Å². The summed E-state index contributed by atoms with van der Waals surface area (Å²) in [4.78, 5) is 13.6. The van der Waals surface area contributed by atoms with Gasteiger partial charge in [0.05, 0.1) is 0 Å². The molecule has 3 nitrogen and oxygen atoms in total. The van der Waals surface area contributed by atoms with E-state index in [0.29, 0.717) is 6.04 Å². The molecule has 3 heteroatoms. The Morgan fingerprint density at radius 2 is 2.00 bits per heavy atom. The van der Waals surface area contributed by atoms with E-state index in [9.17, 15) is 4.79 Å². The Morgan fingerprint density at radius 1 is 1.40 bits per heavy atom. The summed E-state index contributed by atoms with van der Waals surface area (Å²) in [5.74, 6) is 1.58. The molecule has 2 atom stereocenters. The lowest BCUT2D eigenvalue weighted by Gasteiger charge is -2.20. The third kappa shape index (κ3) is 2.86. The predicted molar refractivity (Wildman–Crippen MR) is 60.7 cm³/mol. The quantitative estimate of drug-likeness (QED) is 0.761. The Bertz CT molecular complexity index is 236. The van der Waals surface area contributed by atoms with Crippen LogP contribution in [0.5, 0.6) is 0 Å². The molecule has 0 aromatic rings. The monoisotopic (exact) mass is 210 g/mol. The van der Waals surface area contributed by atoms with Crippen molar-refractivity contribution in [2.24, 2.45) is 11.8 Å². The van der Waals surface area contributed by atoms with Crippen molar-refractivity contribution in [1.82, 2.24) is 10.2 Å². The van der Waals surface area contributed by atoms with Gasteiger partial charge in [-0.15, -0.1) is 0 Å². The molecular weight excluding hydrogens is 188 g/mol. The Balaban J connectivity index is 1.69. The van der Waals surface area contributed by atoms with Crippen LogP contribution in [0, 0.1) is 11.8 Å². The van der Waals surface area contributed by atoms with E-state index >= 15 is 0 Å². The minimum Gasteiger partial charge on any atom is -0.335 e. The van der Waals surface area contributed by atoms with Crippen molar-refractivity contribution in [3.8, 4) is 0 Å². The number of nitrogens with one attached hydrogen (secondary N) is 1. The number of hydrogen-bond donors (Lipinski definition) is 1. The third-order valence-corrected chi connectivity index (χ3v) is 3.81. The molecule has 2 amide bonds. The van der Waals surface area contributed by atoms with Crippen molar-refractivity contribution in [2.75, 3.05) is 13.6 Å². The molecule has 2 saturated carbocycles. The van der Waals surface area contributed by atoms with Gasteiger partial charge in [0.1, 0.15) is 0 Å². The molecule has 2 rings (SSSR count). The van der Waals surface area contributed by atoms with E-state index in [2.05, 4.69) is 12.2 Å². The predicted octanol–water partition coefficient (Wildman–Crippen LogP) is 2.23. The zero-order chi connectivity index (χ0) is 10.8. The first-order valence-electron chi connectivity index (χ1n) is 6.18. The molecular formula is C12H22N2O. The fraction of sp³-hybridized carbons (Fsp3) is 0.917. The first-order valence-corrected chi connectivity index (χ1v) is 6.18. The maximum atomic E-state index is 11.8. The molecule has 15 heavy (non-hydrogen) atoms. The second-order valence-electron chi connectivity index (χ2n) is 5.28. The second kappa shape index (κ2) is 4.42. The van der Waals surface area contributed by atoms with Crippen LogP contribution in [-0.4, -0.2) is 30.6 Å². The number of hydrogen-bond acceptors (Lipinski definition) is 1. The Hall–Kier alpha value is -0.730. The van der Waals surface area contributed by atoms with Gasteiger partial charge in [-0.3, -0.25) is 0 Å². The van der Waals surface area contributed by atoms with E-state index in [-0.39, 0.29) is 6.03 Å². The molecule has 0 spiro atoms. The SMILES string of the molecule is CC1CC1CN(C)C(=O)NC1CCCC1. The molecule has 2 fully saturated rings. The minimum atomic E-state index is 0.126. The van der Waals surface area contributed by atoms with E-state index in [4.69, 9.17) is 0 Å². The topological polar surface area (TPSA) is 32.3 Å². The Labute approximate surface area is 92.2 Å². The highest BCUT2D eigenvalue weighted by atomic mass is 16.2. The maximum Gasteiger partial charge on any atom is 0.317 e. The zero-order valence-electron chi connectivity index (χ0n) is 9.83. The molecule has 0 heterocycles. The smallest absolute Gasteiger partial charge is 0.317 e. The average molecular weight is 210 g/mol. The first kappa shape index (κ1) is 10.8. The molecule has 0 aromatic heterocycles. The largest absolute Gasteiger partial charge is 0.335 e. The van der Waals surface area contributed by atoms with Crippen LogP contribution in [-0.2, 0) is 0 Å². The van der Waals surface area contributed by atoms with Crippen LogP contribution in [0.4, 0.5) is 4.79 Å². The van der Waals surface area contributed by atoms with Crippen molar-refractivity contribution in [1.29, 1.82) is 0 Å². The summed E-state index contributed by atoms with van der Waals surface area (Å²) in [6.45, 7) is 3.19. The fourth-order valence-corrected chi connectivity index (χ4v) is 2.44. The molecule has 0 saturated heterocycles. The summed E-state index contributed by atoms with van der Waals surface area (Å²) < 4.78 is 0. The van der Waals surface area contributed by atoms with Gasteiger partial charge in [0.2, 0.25) is 0 Å². The van der Waals surface area contributed by atoms with Gasteiger partial charge in [-0.25, -0.2) is 4.79 Å². The van der Waals surface area contributed by atoms with Crippen LogP contribution >= 0.6 is 0 Å². The van der Waals surface area contributed by atoms with Crippen LogP contribution in [0.3, 0.4) is 0 Å². The van der Waals surface area contributed by atoms with Crippen LogP contribution in [0.15, 0.2) is 0 Å². The van der Waals surface area contributed by atoms with Crippen molar-refractivity contribution < 1.29 is 4.79 Å². The van der Waals surface area contributed by atoms with Gasteiger partial charge in [-0.2, -0.15) is 0 Å². The van der Waals surface area contributed by atoms with Crippen molar-refractivity contribution in [3.63, 3.8) is 0 Å². The third-order valence-electron chi connectivity index (χ3n) is 3.81. The standard InChI is InChI=1S/C12H22N2O/c1-9-7-10(9)8-14(2)12(15)13-11-5-3-4-6-11/h9-11H,3-8H2,1-2H3,(H,13,15). The van der Waals surface area contributed by atoms with Gasteiger partial charge in [0.25, 0.3) is 0 Å². The number of carbonyl (C=O) groups excluding carboxylic acids is 1. The average Bonchev–Trinajstić information content (AvgIpc) is 2.68. The van der Waals surface area contributed by atoms with Crippen LogP contribution in [0.1, 0.15) is 39.0 Å². The molecule has 2 aliphatic carbocycles. The number of urea groups is 1. The van der Waals surface area contributed by atoms with Crippen molar-refractivity contribution in [3.05, 3.63) is 0 Å². The molecule has 0 radical (unpaired) electrons. The summed E-state index contributed by atoms with van der Waals surface area (Å²) in [6.07, 6.45) is 6.17. The second-order valence-corrected chi connectivity index (χ2v) is 5.28. The van der Waals surface area contributed by atoms with E-state index < -0.39 is 0 Å². The highest BCUT2D eigenvalue weighted by Gasteiger charge is 2.34. The molecule has 86 valence electrons. The van der Waals surface area contributed by atoms with Gasteiger partial charge < -0.3 is 10.2 Å². The van der Waals surface area contributed by atoms with E-state index in [1.807, 2.05) is 11.9 Å². The summed E-state index contributed by atoms with van der Waals surface area (Å²) >= 11 is 0. The van der Waals surface area contributed by atoms with E-state index in [0.717, 1.165) is 18.4 Å². The maximum absolute atomic E-state index is 11.8. The summed E-state index contributed by atoms with van der Waals surface area (Å²) in [6, 6.07) is 0.567. The van der Waals surface area contributed by atoms with Crippen molar-refractivity contribution >= 4 is 6.03 Å². The van der Waals surface area contributed by atoms with Crippen molar-refractivity contribution in [2.45, 2.75) is 45.1 Å². The summed E-state index contributed by atoms with van der Waals surface area (Å²) in [5.41, 5.74) is 0. The number of nitrogens with zero attached hydrogens (tertiary/aromatic N) is 1. The lowest BCUT2D eigenvalue weighted by atomic mass is 10.2. The lowest BCUT2D eigenvalue weighted by Crippen LogP contribution is -2.42. The van der Waals surface area contributed by atoms with Gasteiger partial charge in [0.15, 0.2) is 0 Å². The lowest BCUT2D eigenvalue weighted by molar-refractivity contribution is 0.202. The van der Waals surface area contributed by atoms with Crippen LogP contribution in [0.2, 0.25) is 0 Å². The normalized spacial score (nSPS) is 30.3. The number of amides is 2. The number of carbonyl (C=O) groups is 1. The molecule has 1 N–H and O–H groups in total. The highest BCUT2D eigenvalue weighted by Crippen LogP contribution is 2.37. The molecule has 0 bridgehead atoms. The minimum absolute atomic E-state index is 0.126. The summed E-state index contributed by atoms with van der Waals surface area (Å²) in [5, 5.41) is 3.11. The highest BCUT2D eigenvalue weighted by molar-refractivity contribution is 5.74. The van der Waals surface area contributed by atoms with Crippen LogP contribution in [0.25, 0.3) is 0 Å².